The van der Waals surface area contributed by atoms with Crippen LogP contribution in [0.4, 0.5) is 11.6 Å². The van der Waals surface area contributed by atoms with E-state index >= 15 is 0 Å². The number of halogens is 1. The molecule has 5 aromatic rings. The van der Waals surface area contributed by atoms with Gasteiger partial charge < -0.3 is 10.6 Å². The van der Waals surface area contributed by atoms with Crippen LogP contribution in [-0.4, -0.2) is 48.7 Å². The summed E-state index contributed by atoms with van der Waals surface area (Å²) in [5, 5.41) is 9.19. The van der Waals surface area contributed by atoms with Crippen LogP contribution in [0.15, 0.2) is 77.3 Å². The number of nitrogens with zero attached hydrogens (tertiary/aromatic N) is 5. The molecule has 198 valence electrons. The zero-order valence-electron chi connectivity index (χ0n) is 21.2. The second-order valence-electron chi connectivity index (χ2n) is 9.31. The number of benzene rings is 2. The Kier molecular flexibility index (Phi) is 7.51. The smallest absolute Gasteiger partial charge is 0.223 e. The fourth-order valence-corrected chi connectivity index (χ4v) is 6.58. The van der Waals surface area contributed by atoms with Crippen LogP contribution in [0.5, 0.6) is 0 Å². The first-order valence-corrected chi connectivity index (χ1v) is 14.7. The predicted octanol–water partition coefficient (Wildman–Crippen LogP) is 6.72. The van der Waals surface area contributed by atoms with Crippen LogP contribution < -0.4 is 10.6 Å². The monoisotopic (exact) mass is 575 g/mol. The van der Waals surface area contributed by atoms with E-state index in [2.05, 4.69) is 36.5 Å². The summed E-state index contributed by atoms with van der Waals surface area (Å²) in [6.07, 6.45) is 5.93. The normalized spacial score (nSPS) is 15.9. The largest absolute Gasteiger partial charge is 0.350 e. The molecule has 8 nitrogen and oxygen atoms in total. The van der Waals surface area contributed by atoms with Crippen molar-refractivity contribution in [3.05, 3.63) is 77.4 Å². The highest BCUT2D eigenvalue weighted by molar-refractivity contribution is 7.97. The molecule has 1 aliphatic heterocycles. The number of rotatable bonds is 7. The molecule has 1 amide bonds. The van der Waals surface area contributed by atoms with Gasteiger partial charge in [0.2, 0.25) is 11.9 Å². The Hall–Kier alpha value is -3.44. The zero-order valence-corrected chi connectivity index (χ0v) is 23.6. The minimum Gasteiger partial charge on any atom is -0.350 e. The number of hydrogen-bond donors (Lipinski definition) is 2. The molecule has 1 aliphatic rings. The van der Waals surface area contributed by atoms with E-state index < -0.39 is 0 Å². The van der Waals surface area contributed by atoms with Gasteiger partial charge in [-0.2, -0.15) is 0 Å². The lowest BCUT2D eigenvalue weighted by Gasteiger charge is -2.32. The number of nitrogens with one attached hydrogen (secondary N) is 2. The van der Waals surface area contributed by atoms with Crippen LogP contribution in [0.1, 0.15) is 19.8 Å². The summed E-state index contributed by atoms with van der Waals surface area (Å²) < 4.78 is 4.43. The number of amides is 1. The molecule has 39 heavy (non-hydrogen) atoms. The van der Waals surface area contributed by atoms with Gasteiger partial charge >= 0.3 is 0 Å². The molecule has 2 N–H and O–H groups in total. The molecule has 0 saturated carbocycles. The Labute approximate surface area is 239 Å². The van der Waals surface area contributed by atoms with E-state index in [9.17, 15) is 4.79 Å². The van der Waals surface area contributed by atoms with E-state index in [0.717, 1.165) is 64.2 Å². The third-order valence-corrected chi connectivity index (χ3v) is 8.46. The third kappa shape index (κ3) is 5.94. The number of carbonyl (C=O) groups excluding carboxylic acids is 1. The van der Waals surface area contributed by atoms with Gasteiger partial charge in [-0.3, -0.25) is 9.20 Å². The topological polar surface area (TPSA) is 87.5 Å². The molecule has 0 spiro atoms. The van der Waals surface area contributed by atoms with Crippen molar-refractivity contribution in [3.63, 3.8) is 0 Å². The first-order valence-electron chi connectivity index (χ1n) is 12.6. The molecule has 1 fully saturated rings. The second kappa shape index (κ2) is 11.4. The number of thiazole rings is 1. The summed E-state index contributed by atoms with van der Waals surface area (Å²) in [7, 11) is 0. The van der Waals surface area contributed by atoms with Crippen molar-refractivity contribution in [2.75, 3.05) is 23.7 Å². The zero-order chi connectivity index (χ0) is 26.8. The Morgan fingerprint density at radius 3 is 2.87 bits per heavy atom. The molecule has 1 unspecified atom stereocenters. The second-order valence-corrected chi connectivity index (χ2v) is 11.8. The van der Waals surface area contributed by atoms with Gasteiger partial charge in [0.1, 0.15) is 5.69 Å². The average Bonchev–Trinajstić information content (AvgIpc) is 3.52. The quantitative estimate of drug-likeness (QED) is 0.208. The van der Waals surface area contributed by atoms with Crippen LogP contribution in [0, 0.1) is 0 Å². The summed E-state index contributed by atoms with van der Waals surface area (Å²) in [4.78, 5) is 28.0. The summed E-state index contributed by atoms with van der Waals surface area (Å²) in [5.41, 5.74) is 4.11. The van der Waals surface area contributed by atoms with Gasteiger partial charge in [-0.15, -0.1) is 11.3 Å². The summed E-state index contributed by atoms with van der Waals surface area (Å²) in [6, 6.07) is 17.8. The molecule has 1 saturated heterocycles. The van der Waals surface area contributed by atoms with Crippen molar-refractivity contribution in [2.45, 2.75) is 30.7 Å². The molecule has 3 aromatic heterocycles. The number of anilines is 2. The van der Waals surface area contributed by atoms with E-state index in [1.165, 1.54) is 11.8 Å². The van der Waals surface area contributed by atoms with Gasteiger partial charge in [0.15, 0.2) is 4.96 Å². The van der Waals surface area contributed by atoms with Crippen molar-refractivity contribution in [3.8, 4) is 22.6 Å². The van der Waals surface area contributed by atoms with Gasteiger partial charge in [0.05, 0.1) is 11.4 Å². The van der Waals surface area contributed by atoms with Crippen molar-refractivity contribution < 1.29 is 4.79 Å². The highest BCUT2D eigenvalue weighted by Gasteiger charge is 2.23. The maximum Gasteiger partial charge on any atom is 0.223 e. The van der Waals surface area contributed by atoms with Crippen LogP contribution in [0.3, 0.4) is 0 Å². The van der Waals surface area contributed by atoms with Gasteiger partial charge in [0, 0.05) is 65.0 Å². The van der Waals surface area contributed by atoms with Crippen LogP contribution >= 0.6 is 34.9 Å². The molecule has 1 atom stereocenters. The van der Waals surface area contributed by atoms with Crippen molar-refractivity contribution in [2.24, 2.45) is 0 Å². The van der Waals surface area contributed by atoms with Crippen molar-refractivity contribution in [1.29, 1.82) is 0 Å². The fraction of sp³-hybridized carbons (Fsp3) is 0.214. The molecule has 4 heterocycles. The molecule has 0 radical (unpaired) electrons. The van der Waals surface area contributed by atoms with Crippen molar-refractivity contribution in [1.82, 2.24) is 23.7 Å². The SMILES string of the molecule is CC(=O)Nc1cccc(-c2nc3sccn3c2-c2ccnc(NC3CCCN(Sc4ccc(Cl)cc4)C3)n2)c1. The van der Waals surface area contributed by atoms with Gasteiger partial charge in [-0.25, -0.2) is 19.3 Å². The number of aromatic nitrogens is 4. The Bertz CT molecular complexity index is 1620. The summed E-state index contributed by atoms with van der Waals surface area (Å²) >= 11 is 9.37. The van der Waals surface area contributed by atoms with E-state index in [0.29, 0.717) is 5.95 Å². The fourth-order valence-electron chi connectivity index (χ4n) is 4.71. The van der Waals surface area contributed by atoms with E-state index in [4.69, 9.17) is 21.6 Å². The number of hydrogen-bond acceptors (Lipinski definition) is 8. The standard InChI is InChI=1S/C28H26ClN7OS2/c1-18(37)31-21-5-2-4-19(16-21)25-26(36-14-15-38-28(36)34-25)24-11-12-30-27(33-24)32-22-6-3-13-35(17-22)39-23-9-7-20(29)8-10-23/h2,4-5,7-12,14-16,22H,3,6,13,17H2,1H3,(H,31,37)(H,30,32,33). The predicted molar refractivity (Wildman–Crippen MR) is 159 cm³/mol. The first kappa shape index (κ1) is 25.8. The van der Waals surface area contributed by atoms with Crippen LogP contribution in [0.2, 0.25) is 5.02 Å². The van der Waals surface area contributed by atoms with Crippen molar-refractivity contribution >= 4 is 57.4 Å². The lowest BCUT2D eigenvalue weighted by molar-refractivity contribution is -0.114. The van der Waals surface area contributed by atoms with E-state index in [1.54, 1.807) is 29.5 Å². The van der Waals surface area contributed by atoms with Gasteiger partial charge in [-0.05, 0) is 67.3 Å². The number of fused-ring (bicyclic) bond motifs is 1. The molecular formula is C28H26ClN7OS2. The third-order valence-electron chi connectivity index (χ3n) is 6.38. The van der Waals surface area contributed by atoms with Gasteiger partial charge in [-0.1, -0.05) is 23.7 Å². The number of piperidine rings is 1. The van der Waals surface area contributed by atoms with E-state index in [1.807, 2.05) is 54.0 Å². The molecule has 0 bridgehead atoms. The highest BCUT2D eigenvalue weighted by atomic mass is 35.5. The Morgan fingerprint density at radius 1 is 1.15 bits per heavy atom. The highest BCUT2D eigenvalue weighted by Crippen LogP contribution is 2.35. The lowest BCUT2D eigenvalue weighted by atomic mass is 10.1. The minimum atomic E-state index is -0.113. The molecular weight excluding hydrogens is 550 g/mol. The first-order chi connectivity index (χ1) is 19.0. The molecule has 0 aliphatic carbocycles. The van der Waals surface area contributed by atoms with E-state index in [-0.39, 0.29) is 11.9 Å². The molecule has 11 heteroatoms. The Balaban J connectivity index is 1.25. The van der Waals surface area contributed by atoms with Gasteiger partial charge in [0.25, 0.3) is 0 Å². The number of carbonyl (C=O) groups is 1. The number of imidazole rings is 1. The lowest BCUT2D eigenvalue weighted by Crippen LogP contribution is -2.38. The maximum atomic E-state index is 11.6. The van der Waals surface area contributed by atoms with Crippen LogP contribution in [-0.2, 0) is 4.79 Å². The maximum absolute atomic E-state index is 11.6. The Morgan fingerprint density at radius 2 is 2.03 bits per heavy atom. The summed E-state index contributed by atoms with van der Waals surface area (Å²) in [6.45, 7) is 3.41. The summed E-state index contributed by atoms with van der Waals surface area (Å²) in [5.74, 6) is 0.483. The minimum absolute atomic E-state index is 0.113. The average molecular weight is 576 g/mol. The van der Waals surface area contributed by atoms with Crippen LogP contribution in [0.25, 0.3) is 27.6 Å². The molecule has 2 aromatic carbocycles. The molecule has 6 rings (SSSR count).